The minimum Gasteiger partial charge on any atom is -0.478 e. The summed E-state index contributed by atoms with van der Waals surface area (Å²) in [4.78, 5) is 22.5. The van der Waals surface area contributed by atoms with Crippen molar-refractivity contribution in [2.45, 2.75) is 18.8 Å². The van der Waals surface area contributed by atoms with Crippen molar-refractivity contribution in [3.8, 4) is 0 Å². The van der Waals surface area contributed by atoms with Crippen LogP contribution < -0.4 is 0 Å². The van der Waals surface area contributed by atoms with Crippen molar-refractivity contribution in [3.05, 3.63) is 35.4 Å². The molecular formula is C12H10F2O3. The Morgan fingerprint density at radius 3 is 2.35 bits per heavy atom. The van der Waals surface area contributed by atoms with Crippen LogP contribution in [0.5, 0.6) is 0 Å². The standard InChI is InChI=1S/C12H10F2O3/c13-12(14)5-9(6-12)10(15)7-2-1-3-8(4-7)11(16)17/h1-4,9H,5-6H2,(H,16,17). The van der Waals surface area contributed by atoms with Crippen molar-refractivity contribution in [1.82, 2.24) is 0 Å². The zero-order chi connectivity index (χ0) is 12.6. The highest BCUT2D eigenvalue weighted by Gasteiger charge is 2.48. The Bertz CT molecular complexity index is 474. The molecule has 90 valence electrons. The Labute approximate surface area is 96.1 Å². The van der Waals surface area contributed by atoms with Crippen molar-refractivity contribution in [1.29, 1.82) is 0 Å². The Morgan fingerprint density at radius 2 is 1.82 bits per heavy atom. The van der Waals surface area contributed by atoms with E-state index in [9.17, 15) is 18.4 Å². The van der Waals surface area contributed by atoms with Gasteiger partial charge in [-0.15, -0.1) is 0 Å². The number of halogens is 2. The van der Waals surface area contributed by atoms with E-state index in [-0.39, 0.29) is 11.1 Å². The molecule has 0 aromatic heterocycles. The van der Waals surface area contributed by atoms with Crippen LogP contribution in [0, 0.1) is 5.92 Å². The van der Waals surface area contributed by atoms with Crippen LogP contribution in [0.1, 0.15) is 33.6 Å². The largest absolute Gasteiger partial charge is 0.478 e. The fourth-order valence-corrected chi connectivity index (χ4v) is 1.89. The maximum Gasteiger partial charge on any atom is 0.335 e. The van der Waals surface area contributed by atoms with Gasteiger partial charge in [-0.1, -0.05) is 12.1 Å². The third kappa shape index (κ3) is 2.33. The zero-order valence-corrected chi connectivity index (χ0v) is 8.82. The van der Waals surface area contributed by atoms with E-state index < -0.39 is 36.4 Å². The van der Waals surface area contributed by atoms with Gasteiger partial charge in [0.15, 0.2) is 5.78 Å². The normalized spacial score (nSPS) is 18.5. The van der Waals surface area contributed by atoms with Crippen LogP contribution in [0.3, 0.4) is 0 Å². The average Bonchev–Trinajstić information content (AvgIpc) is 2.25. The first-order valence-corrected chi connectivity index (χ1v) is 5.14. The summed E-state index contributed by atoms with van der Waals surface area (Å²) in [5, 5.41) is 8.75. The predicted octanol–water partition coefficient (Wildman–Crippen LogP) is 2.61. The van der Waals surface area contributed by atoms with E-state index in [2.05, 4.69) is 0 Å². The molecule has 1 aromatic carbocycles. The summed E-state index contributed by atoms with van der Waals surface area (Å²) < 4.78 is 25.3. The molecule has 1 fully saturated rings. The number of carboxylic acid groups (broad SMARTS) is 1. The molecule has 0 heterocycles. The monoisotopic (exact) mass is 240 g/mol. The molecular weight excluding hydrogens is 230 g/mol. The van der Waals surface area contributed by atoms with E-state index in [1.54, 1.807) is 0 Å². The fraction of sp³-hybridized carbons (Fsp3) is 0.333. The van der Waals surface area contributed by atoms with Crippen molar-refractivity contribution in [3.63, 3.8) is 0 Å². The Morgan fingerprint density at radius 1 is 1.24 bits per heavy atom. The zero-order valence-electron chi connectivity index (χ0n) is 8.82. The number of carbonyl (C=O) groups excluding carboxylic acids is 1. The van der Waals surface area contributed by atoms with Gasteiger partial charge in [0.25, 0.3) is 0 Å². The van der Waals surface area contributed by atoms with E-state index in [1.807, 2.05) is 0 Å². The predicted molar refractivity (Wildman–Crippen MR) is 55.4 cm³/mol. The van der Waals surface area contributed by atoms with Gasteiger partial charge in [0.2, 0.25) is 5.92 Å². The second-order valence-electron chi connectivity index (χ2n) is 4.21. The lowest BCUT2D eigenvalue weighted by Gasteiger charge is -2.33. The first kappa shape index (κ1) is 11.7. The second kappa shape index (κ2) is 3.91. The Kier molecular flexibility index (Phi) is 2.69. The molecule has 2 rings (SSSR count). The molecule has 0 amide bonds. The third-order valence-electron chi connectivity index (χ3n) is 2.85. The first-order valence-electron chi connectivity index (χ1n) is 5.14. The lowest BCUT2D eigenvalue weighted by atomic mass is 9.76. The number of hydrogen-bond acceptors (Lipinski definition) is 2. The number of carbonyl (C=O) groups is 2. The van der Waals surface area contributed by atoms with E-state index in [4.69, 9.17) is 5.11 Å². The maximum absolute atomic E-state index is 12.6. The smallest absolute Gasteiger partial charge is 0.335 e. The maximum atomic E-state index is 12.6. The molecule has 1 aliphatic rings. The molecule has 1 saturated carbocycles. The second-order valence-corrected chi connectivity index (χ2v) is 4.21. The lowest BCUT2D eigenvalue weighted by molar-refractivity contribution is -0.0982. The van der Waals surface area contributed by atoms with Gasteiger partial charge in [-0.3, -0.25) is 4.79 Å². The third-order valence-corrected chi connectivity index (χ3v) is 2.85. The highest BCUT2D eigenvalue weighted by Crippen LogP contribution is 2.43. The summed E-state index contributed by atoms with van der Waals surface area (Å²) >= 11 is 0. The van der Waals surface area contributed by atoms with Crippen molar-refractivity contribution < 1.29 is 23.5 Å². The lowest BCUT2D eigenvalue weighted by Crippen LogP contribution is -2.40. The van der Waals surface area contributed by atoms with Crippen LogP contribution in [0.2, 0.25) is 0 Å². The average molecular weight is 240 g/mol. The van der Waals surface area contributed by atoms with Crippen LogP contribution in [0.4, 0.5) is 8.78 Å². The van der Waals surface area contributed by atoms with Crippen LogP contribution in [-0.4, -0.2) is 22.8 Å². The van der Waals surface area contributed by atoms with Gasteiger partial charge in [-0.25, -0.2) is 13.6 Å². The van der Waals surface area contributed by atoms with Gasteiger partial charge in [0.1, 0.15) is 0 Å². The molecule has 1 aromatic rings. The molecule has 0 aliphatic heterocycles. The summed E-state index contributed by atoms with van der Waals surface area (Å²) in [6.07, 6.45) is -0.883. The molecule has 0 spiro atoms. The van der Waals surface area contributed by atoms with E-state index in [0.29, 0.717) is 0 Å². The van der Waals surface area contributed by atoms with Crippen molar-refractivity contribution >= 4 is 11.8 Å². The molecule has 1 N–H and O–H groups in total. The minimum absolute atomic E-state index is 0.0121. The first-order chi connectivity index (χ1) is 7.89. The SMILES string of the molecule is O=C(O)c1cccc(C(=O)C2CC(F)(F)C2)c1. The van der Waals surface area contributed by atoms with Gasteiger partial charge in [0.05, 0.1) is 5.56 Å². The molecule has 0 bridgehead atoms. The number of hydrogen-bond donors (Lipinski definition) is 1. The van der Waals surface area contributed by atoms with Gasteiger partial charge in [-0.05, 0) is 12.1 Å². The molecule has 1 aliphatic carbocycles. The van der Waals surface area contributed by atoms with Crippen LogP contribution in [0.15, 0.2) is 24.3 Å². The molecule has 3 nitrogen and oxygen atoms in total. The van der Waals surface area contributed by atoms with Crippen LogP contribution in [0.25, 0.3) is 0 Å². The summed E-state index contributed by atoms with van der Waals surface area (Å²) in [7, 11) is 0. The molecule has 0 saturated heterocycles. The van der Waals surface area contributed by atoms with Gasteiger partial charge < -0.3 is 5.11 Å². The number of carboxylic acids is 1. The summed E-state index contributed by atoms with van der Waals surface area (Å²) in [6.45, 7) is 0. The van der Waals surface area contributed by atoms with Crippen LogP contribution >= 0.6 is 0 Å². The topological polar surface area (TPSA) is 54.4 Å². The fourth-order valence-electron chi connectivity index (χ4n) is 1.89. The Balaban J connectivity index is 2.15. The van der Waals surface area contributed by atoms with Gasteiger partial charge >= 0.3 is 5.97 Å². The van der Waals surface area contributed by atoms with Crippen molar-refractivity contribution in [2.75, 3.05) is 0 Å². The summed E-state index contributed by atoms with van der Waals surface area (Å²) in [5.41, 5.74) is 0.173. The molecule has 0 unspecified atom stereocenters. The number of rotatable bonds is 3. The number of Topliss-reactive ketones (excluding diaryl/α,β-unsaturated/α-hetero) is 1. The number of alkyl halides is 2. The number of benzene rings is 1. The van der Waals surface area contributed by atoms with Crippen LogP contribution in [-0.2, 0) is 0 Å². The van der Waals surface area contributed by atoms with E-state index in [1.165, 1.54) is 24.3 Å². The molecule has 0 radical (unpaired) electrons. The molecule has 17 heavy (non-hydrogen) atoms. The van der Waals surface area contributed by atoms with E-state index >= 15 is 0 Å². The number of ketones is 1. The van der Waals surface area contributed by atoms with Gasteiger partial charge in [-0.2, -0.15) is 0 Å². The summed E-state index contributed by atoms with van der Waals surface area (Å²) in [6, 6.07) is 5.47. The quantitative estimate of drug-likeness (QED) is 0.826. The molecule has 0 atom stereocenters. The van der Waals surface area contributed by atoms with E-state index in [0.717, 1.165) is 0 Å². The highest BCUT2D eigenvalue weighted by atomic mass is 19.3. The molecule has 5 heteroatoms. The summed E-state index contributed by atoms with van der Waals surface area (Å²) in [5.74, 6) is -4.98. The van der Waals surface area contributed by atoms with Gasteiger partial charge in [0, 0.05) is 24.3 Å². The Hall–Kier alpha value is -1.78. The minimum atomic E-state index is -2.75. The van der Waals surface area contributed by atoms with Crippen molar-refractivity contribution in [2.24, 2.45) is 5.92 Å². The number of aromatic carboxylic acids is 1. The highest BCUT2D eigenvalue weighted by molar-refractivity contribution is 6.00.